The number of anilines is 1. The van der Waals surface area contributed by atoms with Gasteiger partial charge >= 0.3 is 11.7 Å². The number of hydrogen-bond donors (Lipinski definition) is 5. The summed E-state index contributed by atoms with van der Waals surface area (Å²) in [5.41, 5.74) is 1.70. The second-order valence-electron chi connectivity index (χ2n) is 4.55. The van der Waals surface area contributed by atoms with Crippen molar-refractivity contribution in [1.29, 1.82) is 0 Å². The fourth-order valence-corrected chi connectivity index (χ4v) is 1.86. The quantitative estimate of drug-likeness (QED) is 0.563. The number of aromatic amines is 2. The molecule has 0 saturated heterocycles. The first kappa shape index (κ1) is 14.6. The highest BCUT2D eigenvalue weighted by Crippen LogP contribution is 2.15. The summed E-state index contributed by atoms with van der Waals surface area (Å²) in [6, 6.07) is 4.05. The standard InChI is InChI=1S/C13H17N5O3/c1-3-14-12(20)18-11(19)7(2)15-8-4-5-9-10(6-8)17-13(21)16-9/h4-7,15H,3H2,1-2H3,(H2,16,17,21)(H2,14,18,19,20). The molecule has 0 fully saturated rings. The number of carbonyl (C=O) groups excluding carboxylic acids is 2. The molecule has 21 heavy (non-hydrogen) atoms. The number of imide groups is 1. The number of imidazole rings is 1. The number of carbonyl (C=O) groups is 2. The van der Waals surface area contributed by atoms with Crippen molar-refractivity contribution in [1.82, 2.24) is 20.6 Å². The normalized spacial score (nSPS) is 11.9. The molecule has 1 aromatic heterocycles. The van der Waals surface area contributed by atoms with Gasteiger partial charge in [-0.1, -0.05) is 0 Å². The largest absolute Gasteiger partial charge is 0.374 e. The average Bonchev–Trinajstić information content (AvgIpc) is 2.78. The molecule has 0 aliphatic rings. The summed E-state index contributed by atoms with van der Waals surface area (Å²) < 4.78 is 0. The Balaban J connectivity index is 2.03. The Morgan fingerprint density at radius 2 is 1.95 bits per heavy atom. The fraction of sp³-hybridized carbons (Fsp3) is 0.308. The molecule has 0 saturated carbocycles. The summed E-state index contributed by atoms with van der Waals surface area (Å²) in [5.74, 6) is -0.441. The molecule has 2 aromatic rings. The van der Waals surface area contributed by atoms with Gasteiger partial charge in [0.2, 0.25) is 5.91 Å². The molecule has 0 aliphatic carbocycles. The van der Waals surface area contributed by atoms with Crippen LogP contribution in [0.1, 0.15) is 13.8 Å². The van der Waals surface area contributed by atoms with Gasteiger partial charge in [0, 0.05) is 12.2 Å². The molecule has 8 heteroatoms. The van der Waals surface area contributed by atoms with E-state index in [-0.39, 0.29) is 5.69 Å². The van der Waals surface area contributed by atoms with Gasteiger partial charge in [0.05, 0.1) is 11.0 Å². The first-order valence-corrected chi connectivity index (χ1v) is 6.57. The van der Waals surface area contributed by atoms with Crippen molar-refractivity contribution in [3.63, 3.8) is 0 Å². The zero-order valence-corrected chi connectivity index (χ0v) is 11.7. The molecule has 1 atom stereocenters. The van der Waals surface area contributed by atoms with Gasteiger partial charge in [0.25, 0.3) is 0 Å². The van der Waals surface area contributed by atoms with E-state index in [9.17, 15) is 14.4 Å². The molecule has 1 heterocycles. The van der Waals surface area contributed by atoms with Crippen molar-refractivity contribution in [3.8, 4) is 0 Å². The van der Waals surface area contributed by atoms with Gasteiger partial charge in [-0.15, -0.1) is 0 Å². The highest BCUT2D eigenvalue weighted by atomic mass is 16.2. The molecule has 0 spiro atoms. The van der Waals surface area contributed by atoms with E-state index in [1.807, 2.05) is 0 Å². The molecular formula is C13H17N5O3. The number of benzene rings is 1. The fourth-order valence-electron chi connectivity index (χ4n) is 1.86. The van der Waals surface area contributed by atoms with Crippen LogP contribution < -0.4 is 21.6 Å². The van der Waals surface area contributed by atoms with Crippen LogP contribution in [0.3, 0.4) is 0 Å². The van der Waals surface area contributed by atoms with Crippen molar-refractivity contribution in [2.24, 2.45) is 0 Å². The molecule has 0 radical (unpaired) electrons. The molecule has 2 rings (SSSR count). The number of urea groups is 1. The maximum absolute atomic E-state index is 11.8. The van der Waals surface area contributed by atoms with Gasteiger partial charge in [0.1, 0.15) is 6.04 Å². The third-order valence-corrected chi connectivity index (χ3v) is 2.87. The van der Waals surface area contributed by atoms with Gasteiger partial charge in [-0.2, -0.15) is 0 Å². The average molecular weight is 291 g/mol. The van der Waals surface area contributed by atoms with E-state index in [1.54, 1.807) is 32.0 Å². The minimum atomic E-state index is -0.601. The van der Waals surface area contributed by atoms with E-state index in [1.165, 1.54) is 0 Å². The van der Waals surface area contributed by atoms with Gasteiger partial charge < -0.3 is 20.6 Å². The lowest BCUT2D eigenvalue weighted by molar-refractivity contribution is -0.120. The van der Waals surface area contributed by atoms with Crippen molar-refractivity contribution < 1.29 is 9.59 Å². The molecule has 8 nitrogen and oxygen atoms in total. The van der Waals surface area contributed by atoms with E-state index in [0.717, 1.165) is 0 Å². The monoisotopic (exact) mass is 291 g/mol. The Kier molecular flexibility index (Phi) is 4.27. The number of H-pyrrole nitrogens is 2. The summed E-state index contributed by atoms with van der Waals surface area (Å²) in [4.78, 5) is 39.5. The number of rotatable bonds is 4. The molecule has 112 valence electrons. The Labute approximate surface area is 120 Å². The predicted octanol–water partition coefficient (Wildman–Crippen LogP) is 0.502. The van der Waals surface area contributed by atoms with Crippen molar-refractivity contribution in [2.75, 3.05) is 11.9 Å². The second-order valence-corrected chi connectivity index (χ2v) is 4.55. The second kappa shape index (κ2) is 6.12. The van der Waals surface area contributed by atoms with Gasteiger partial charge in [-0.3, -0.25) is 10.1 Å². The zero-order chi connectivity index (χ0) is 15.4. The Morgan fingerprint density at radius 3 is 2.67 bits per heavy atom. The lowest BCUT2D eigenvalue weighted by Gasteiger charge is -2.14. The SMILES string of the molecule is CCNC(=O)NC(=O)C(C)Nc1ccc2[nH]c(=O)[nH]c2c1. The molecular weight excluding hydrogens is 274 g/mol. The minimum absolute atomic E-state index is 0.288. The van der Waals surface area contributed by atoms with Crippen molar-refractivity contribution in [3.05, 3.63) is 28.7 Å². The van der Waals surface area contributed by atoms with Crippen LogP contribution in [0.4, 0.5) is 10.5 Å². The zero-order valence-electron chi connectivity index (χ0n) is 11.7. The number of hydrogen-bond acceptors (Lipinski definition) is 4. The van der Waals surface area contributed by atoms with E-state index in [2.05, 4.69) is 25.9 Å². The minimum Gasteiger partial charge on any atom is -0.374 e. The number of nitrogens with one attached hydrogen (secondary N) is 5. The number of fused-ring (bicyclic) bond motifs is 1. The van der Waals surface area contributed by atoms with Crippen LogP contribution >= 0.6 is 0 Å². The molecule has 3 amide bonds. The Bertz CT molecular complexity index is 718. The van der Waals surface area contributed by atoms with Crippen molar-refractivity contribution in [2.45, 2.75) is 19.9 Å². The predicted molar refractivity (Wildman–Crippen MR) is 79.2 cm³/mol. The third-order valence-electron chi connectivity index (χ3n) is 2.87. The maximum atomic E-state index is 11.8. The smallest absolute Gasteiger partial charge is 0.323 e. The summed E-state index contributed by atoms with van der Waals surface area (Å²) in [6.45, 7) is 3.84. The Hall–Kier alpha value is -2.77. The first-order valence-electron chi connectivity index (χ1n) is 6.57. The highest BCUT2D eigenvalue weighted by Gasteiger charge is 2.15. The first-order chi connectivity index (χ1) is 9.99. The summed E-state index contributed by atoms with van der Waals surface area (Å²) in [7, 11) is 0. The van der Waals surface area contributed by atoms with Crippen LogP contribution in [0.15, 0.2) is 23.0 Å². The molecule has 1 unspecified atom stereocenters. The Morgan fingerprint density at radius 1 is 1.24 bits per heavy atom. The van der Waals surface area contributed by atoms with E-state index in [4.69, 9.17) is 0 Å². The van der Waals surface area contributed by atoms with Crippen LogP contribution in [0.2, 0.25) is 0 Å². The van der Waals surface area contributed by atoms with E-state index < -0.39 is 18.0 Å². The molecule has 0 aliphatic heterocycles. The molecule has 1 aromatic carbocycles. The van der Waals surface area contributed by atoms with Crippen molar-refractivity contribution >= 4 is 28.7 Å². The molecule has 0 bridgehead atoms. The van der Waals surface area contributed by atoms with Gasteiger partial charge in [-0.25, -0.2) is 9.59 Å². The molecule has 5 N–H and O–H groups in total. The summed E-state index contributed by atoms with van der Waals surface area (Å²) >= 11 is 0. The van der Waals surface area contributed by atoms with Crippen LogP contribution in [0.25, 0.3) is 11.0 Å². The number of amides is 3. The van der Waals surface area contributed by atoms with Gasteiger partial charge in [0.15, 0.2) is 0 Å². The lowest BCUT2D eigenvalue weighted by atomic mass is 10.2. The summed E-state index contributed by atoms with van der Waals surface area (Å²) in [6.07, 6.45) is 0. The van der Waals surface area contributed by atoms with E-state index >= 15 is 0 Å². The highest BCUT2D eigenvalue weighted by molar-refractivity contribution is 5.98. The number of aromatic nitrogens is 2. The summed E-state index contributed by atoms with van der Waals surface area (Å²) in [5, 5.41) is 7.67. The van der Waals surface area contributed by atoms with Crippen LogP contribution in [0, 0.1) is 0 Å². The van der Waals surface area contributed by atoms with E-state index in [0.29, 0.717) is 23.3 Å². The van der Waals surface area contributed by atoms with Crippen LogP contribution in [0.5, 0.6) is 0 Å². The van der Waals surface area contributed by atoms with Crippen LogP contribution in [-0.4, -0.2) is 34.5 Å². The third kappa shape index (κ3) is 3.62. The maximum Gasteiger partial charge on any atom is 0.323 e. The topological polar surface area (TPSA) is 119 Å². The lowest BCUT2D eigenvalue weighted by Crippen LogP contribution is -2.45. The van der Waals surface area contributed by atoms with Crippen LogP contribution in [-0.2, 0) is 4.79 Å². The van der Waals surface area contributed by atoms with Gasteiger partial charge in [-0.05, 0) is 32.0 Å².